The van der Waals surface area contributed by atoms with Gasteiger partial charge < -0.3 is 14.5 Å². The number of methoxy groups -OCH3 is 1. The smallest absolute Gasteiger partial charge is 0.172 e. The third-order valence-electron chi connectivity index (χ3n) is 5.29. The quantitative estimate of drug-likeness (QED) is 0.746. The van der Waals surface area contributed by atoms with Crippen LogP contribution in [0.1, 0.15) is 42.0 Å². The van der Waals surface area contributed by atoms with Gasteiger partial charge in [0.15, 0.2) is 5.11 Å². The molecule has 4 heteroatoms. The first-order valence-corrected chi connectivity index (χ1v) is 9.46. The molecule has 1 saturated heterocycles. The van der Waals surface area contributed by atoms with Gasteiger partial charge in [0.25, 0.3) is 0 Å². The molecule has 25 heavy (non-hydrogen) atoms. The third kappa shape index (κ3) is 3.11. The molecule has 0 N–H and O–H groups in total. The molecule has 2 aliphatic rings. The zero-order valence-electron chi connectivity index (χ0n) is 14.6. The van der Waals surface area contributed by atoms with E-state index in [1.807, 2.05) is 6.07 Å². The molecule has 2 heterocycles. The summed E-state index contributed by atoms with van der Waals surface area (Å²) in [5.41, 5.74) is 3.94. The maximum Gasteiger partial charge on any atom is 0.172 e. The lowest BCUT2D eigenvalue weighted by Gasteiger charge is -2.37. The maximum atomic E-state index is 5.94. The van der Waals surface area contributed by atoms with E-state index in [4.69, 9.17) is 17.0 Å². The van der Waals surface area contributed by atoms with Crippen molar-refractivity contribution in [1.29, 1.82) is 0 Å². The van der Waals surface area contributed by atoms with Crippen LogP contribution in [0.15, 0.2) is 48.5 Å². The second-order valence-corrected chi connectivity index (χ2v) is 7.20. The molecular weight excluding hydrogens is 328 g/mol. The van der Waals surface area contributed by atoms with Crippen LogP contribution in [0.4, 0.5) is 0 Å². The average molecular weight is 353 g/mol. The number of thiocarbonyl (C=S) groups is 1. The summed E-state index contributed by atoms with van der Waals surface area (Å²) in [4.78, 5) is 4.78. The van der Waals surface area contributed by atoms with E-state index in [0.717, 1.165) is 30.5 Å². The van der Waals surface area contributed by atoms with E-state index in [2.05, 4.69) is 52.3 Å². The Balaban J connectivity index is 1.72. The van der Waals surface area contributed by atoms with E-state index in [1.54, 1.807) is 7.11 Å². The standard InChI is InChI=1S/C21H24N2OS/c1-24-18-11-10-17-15-23(21(25)22-12-6-3-7-13-22)20(19(17)14-18)16-8-4-2-5-9-16/h2,4-5,8-11,14,20H,3,6-7,12-13,15H2,1H3. The van der Waals surface area contributed by atoms with Crippen LogP contribution in [0.2, 0.25) is 0 Å². The predicted molar refractivity (Wildman–Crippen MR) is 105 cm³/mol. The largest absolute Gasteiger partial charge is 0.497 e. The van der Waals surface area contributed by atoms with Gasteiger partial charge in [0.1, 0.15) is 5.75 Å². The summed E-state index contributed by atoms with van der Waals surface area (Å²) >= 11 is 5.94. The minimum Gasteiger partial charge on any atom is -0.497 e. The Hall–Kier alpha value is -2.07. The van der Waals surface area contributed by atoms with Gasteiger partial charge in [-0.1, -0.05) is 36.4 Å². The third-order valence-corrected chi connectivity index (χ3v) is 5.78. The van der Waals surface area contributed by atoms with E-state index >= 15 is 0 Å². The van der Waals surface area contributed by atoms with Crippen LogP contribution in [0.25, 0.3) is 0 Å². The van der Waals surface area contributed by atoms with Crippen molar-refractivity contribution in [2.75, 3.05) is 20.2 Å². The summed E-state index contributed by atoms with van der Waals surface area (Å²) in [6.45, 7) is 3.03. The summed E-state index contributed by atoms with van der Waals surface area (Å²) in [7, 11) is 1.73. The van der Waals surface area contributed by atoms with Crippen molar-refractivity contribution in [1.82, 2.24) is 9.80 Å². The SMILES string of the molecule is COc1ccc2c(c1)C(c1ccccc1)N(C(=S)N1CCCCC1)C2. The van der Waals surface area contributed by atoms with Crippen molar-refractivity contribution < 1.29 is 4.74 Å². The molecule has 3 nitrogen and oxygen atoms in total. The molecule has 0 aliphatic carbocycles. The van der Waals surface area contributed by atoms with Crippen LogP contribution in [0, 0.1) is 0 Å². The lowest BCUT2D eigenvalue weighted by atomic mass is 9.98. The molecule has 0 aromatic heterocycles. The number of benzene rings is 2. The zero-order chi connectivity index (χ0) is 17.2. The van der Waals surface area contributed by atoms with Crippen LogP contribution in [-0.2, 0) is 6.54 Å². The van der Waals surface area contributed by atoms with E-state index < -0.39 is 0 Å². The number of likely N-dealkylation sites (tertiary alicyclic amines) is 1. The molecule has 0 bridgehead atoms. The summed E-state index contributed by atoms with van der Waals surface area (Å²) in [6, 6.07) is 17.3. The van der Waals surface area contributed by atoms with Crippen LogP contribution >= 0.6 is 12.2 Å². The van der Waals surface area contributed by atoms with Gasteiger partial charge in [0.05, 0.1) is 13.2 Å². The highest BCUT2D eigenvalue weighted by molar-refractivity contribution is 7.80. The van der Waals surface area contributed by atoms with Gasteiger partial charge in [-0.2, -0.15) is 0 Å². The molecule has 4 rings (SSSR count). The Morgan fingerprint density at radius 1 is 1.04 bits per heavy atom. The Bertz CT molecular complexity index is 756. The fraction of sp³-hybridized carbons (Fsp3) is 0.381. The van der Waals surface area contributed by atoms with Gasteiger partial charge in [-0.3, -0.25) is 0 Å². The first-order valence-electron chi connectivity index (χ1n) is 9.05. The van der Waals surface area contributed by atoms with Crippen LogP contribution in [0.3, 0.4) is 0 Å². The molecule has 0 amide bonds. The van der Waals surface area contributed by atoms with E-state index in [1.165, 1.54) is 36.0 Å². The van der Waals surface area contributed by atoms with Crippen LogP contribution < -0.4 is 4.74 Å². The maximum absolute atomic E-state index is 5.94. The number of hydrogen-bond acceptors (Lipinski definition) is 2. The van der Waals surface area contributed by atoms with Crippen molar-refractivity contribution in [2.24, 2.45) is 0 Å². The molecule has 130 valence electrons. The summed E-state index contributed by atoms with van der Waals surface area (Å²) in [5.74, 6) is 0.908. The minimum absolute atomic E-state index is 0.167. The first-order chi connectivity index (χ1) is 12.3. The van der Waals surface area contributed by atoms with Gasteiger partial charge in [-0.05, 0) is 60.3 Å². The van der Waals surface area contributed by atoms with Crippen molar-refractivity contribution in [2.45, 2.75) is 31.8 Å². The number of nitrogens with zero attached hydrogens (tertiary/aromatic N) is 2. The highest BCUT2D eigenvalue weighted by Gasteiger charge is 2.35. The predicted octanol–water partition coefficient (Wildman–Crippen LogP) is 4.37. The van der Waals surface area contributed by atoms with Crippen molar-refractivity contribution in [3.05, 3.63) is 65.2 Å². The van der Waals surface area contributed by atoms with Gasteiger partial charge in [-0.15, -0.1) is 0 Å². The van der Waals surface area contributed by atoms with Crippen molar-refractivity contribution in [3.8, 4) is 5.75 Å². The molecule has 1 unspecified atom stereocenters. The van der Waals surface area contributed by atoms with Crippen LogP contribution in [-0.4, -0.2) is 35.1 Å². The van der Waals surface area contributed by atoms with Crippen molar-refractivity contribution in [3.63, 3.8) is 0 Å². The van der Waals surface area contributed by atoms with Gasteiger partial charge in [0.2, 0.25) is 0 Å². The zero-order valence-corrected chi connectivity index (χ0v) is 15.5. The Morgan fingerprint density at radius 3 is 2.52 bits per heavy atom. The lowest BCUT2D eigenvalue weighted by Crippen LogP contribution is -2.44. The average Bonchev–Trinajstić information content (AvgIpc) is 3.07. The second-order valence-electron chi connectivity index (χ2n) is 6.84. The summed E-state index contributed by atoms with van der Waals surface area (Å²) < 4.78 is 5.47. The highest BCUT2D eigenvalue weighted by atomic mass is 32.1. The molecule has 0 radical (unpaired) electrons. The number of piperidine rings is 1. The Kier molecular flexibility index (Phi) is 4.62. The van der Waals surface area contributed by atoms with Gasteiger partial charge in [0, 0.05) is 19.6 Å². The molecule has 0 saturated carbocycles. The molecule has 1 atom stereocenters. The Morgan fingerprint density at radius 2 is 1.80 bits per heavy atom. The fourth-order valence-electron chi connectivity index (χ4n) is 3.98. The minimum atomic E-state index is 0.167. The number of rotatable bonds is 2. The second kappa shape index (κ2) is 7.04. The molecule has 2 aromatic rings. The van der Waals surface area contributed by atoms with Gasteiger partial charge in [-0.25, -0.2) is 0 Å². The fourth-order valence-corrected chi connectivity index (χ4v) is 4.33. The monoisotopic (exact) mass is 352 g/mol. The lowest BCUT2D eigenvalue weighted by molar-refractivity contribution is 0.276. The van der Waals surface area contributed by atoms with Crippen molar-refractivity contribution >= 4 is 17.3 Å². The van der Waals surface area contributed by atoms with Crippen LogP contribution in [0.5, 0.6) is 5.75 Å². The van der Waals surface area contributed by atoms with E-state index in [9.17, 15) is 0 Å². The first kappa shape index (κ1) is 16.4. The van der Waals surface area contributed by atoms with E-state index in [-0.39, 0.29) is 6.04 Å². The molecule has 0 spiro atoms. The van der Waals surface area contributed by atoms with E-state index in [0.29, 0.717) is 0 Å². The number of ether oxygens (including phenoxy) is 1. The van der Waals surface area contributed by atoms with Gasteiger partial charge >= 0.3 is 0 Å². The normalized spacial score (nSPS) is 19.6. The molecule has 1 fully saturated rings. The molecule has 2 aromatic carbocycles. The number of fused-ring (bicyclic) bond motifs is 1. The molecule has 2 aliphatic heterocycles. The Labute approximate surface area is 155 Å². The molecular formula is C21H24N2OS. The summed E-state index contributed by atoms with van der Waals surface area (Å²) in [6.07, 6.45) is 3.80. The topological polar surface area (TPSA) is 15.7 Å². The summed E-state index contributed by atoms with van der Waals surface area (Å²) in [5, 5.41) is 0.990. The number of hydrogen-bond donors (Lipinski definition) is 0. The highest BCUT2D eigenvalue weighted by Crippen LogP contribution is 2.41.